The molecule has 1 aliphatic rings. The highest BCUT2D eigenvalue weighted by Gasteiger charge is 2.25. The third-order valence-electron chi connectivity index (χ3n) is 3.48. The second-order valence-electron chi connectivity index (χ2n) is 5.52. The van der Waals surface area contributed by atoms with Gasteiger partial charge in [-0.05, 0) is 31.3 Å². The van der Waals surface area contributed by atoms with E-state index in [-0.39, 0.29) is 0 Å². The van der Waals surface area contributed by atoms with Gasteiger partial charge in [0.15, 0.2) is 0 Å². The fourth-order valence-electron chi connectivity index (χ4n) is 2.10. The predicted molar refractivity (Wildman–Crippen MR) is 66.9 cm³/mol. The van der Waals surface area contributed by atoms with E-state index in [9.17, 15) is 0 Å². The van der Waals surface area contributed by atoms with Crippen LogP contribution in [0.1, 0.15) is 32.3 Å². The van der Waals surface area contributed by atoms with E-state index in [1.54, 1.807) is 7.11 Å². The van der Waals surface area contributed by atoms with Crippen molar-refractivity contribution in [2.24, 2.45) is 5.41 Å². The molecule has 0 aliphatic carbocycles. The van der Waals surface area contributed by atoms with Crippen molar-refractivity contribution in [1.29, 1.82) is 0 Å². The molecule has 0 radical (unpaired) electrons. The summed E-state index contributed by atoms with van der Waals surface area (Å²) in [6.45, 7) is 7.97. The molecule has 0 spiro atoms. The Bertz CT molecular complexity index is 351. The summed E-state index contributed by atoms with van der Waals surface area (Å²) >= 11 is 0. The SMILES string of the molecule is COc1ncc(CN2CCC(C)(C)CC2)cn1. The predicted octanol–water partition coefficient (Wildman–Crippen LogP) is 2.11. The Morgan fingerprint density at radius 1 is 1.24 bits per heavy atom. The Balaban J connectivity index is 1.89. The molecule has 0 atom stereocenters. The average Bonchev–Trinajstić information content (AvgIpc) is 2.33. The standard InChI is InChI=1S/C13H21N3O/c1-13(2)4-6-16(7-5-13)10-11-8-14-12(17-3)15-9-11/h8-9H,4-7,10H2,1-3H3. The lowest BCUT2D eigenvalue weighted by molar-refractivity contribution is 0.127. The molecule has 0 bridgehead atoms. The summed E-state index contributed by atoms with van der Waals surface area (Å²) in [6, 6.07) is 0.438. The number of likely N-dealkylation sites (tertiary alicyclic amines) is 1. The summed E-state index contributed by atoms with van der Waals surface area (Å²) < 4.78 is 4.95. The van der Waals surface area contributed by atoms with Gasteiger partial charge in [-0.3, -0.25) is 4.90 Å². The first-order chi connectivity index (χ1) is 8.09. The Labute approximate surface area is 103 Å². The van der Waals surface area contributed by atoms with Gasteiger partial charge in [-0.25, -0.2) is 9.97 Å². The molecule has 1 aromatic rings. The van der Waals surface area contributed by atoms with Gasteiger partial charge in [0.05, 0.1) is 7.11 Å². The van der Waals surface area contributed by atoms with E-state index in [0.29, 0.717) is 11.4 Å². The van der Waals surface area contributed by atoms with Crippen molar-refractivity contribution in [2.45, 2.75) is 33.2 Å². The van der Waals surface area contributed by atoms with Crippen molar-refractivity contribution in [3.63, 3.8) is 0 Å². The molecule has 4 heteroatoms. The molecule has 1 aromatic heterocycles. The maximum atomic E-state index is 4.95. The fraction of sp³-hybridized carbons (Fsp3) is 0.692. The molecule has 0 unspecified atom stereocenters. The summed E-state index contributed by atoms with van der Waals surface area (Å²) in [5.74, 6) is 0. The Hall–Kier alpha value is -1.16. The number of ether oxygens (including phenoxy) is 1. The van der Waals surface area contributed by atoms with Gasteiger partial charge in [0.2, 0.25) is 0 Å². The topological polar surface area (TPSA) is 38.2 Å². The van der Waals surface area contributed by atoms with Crippen molar-refractivity contribution in [2.75, 3.05) is 20.2 Å². The van der Waals surface area contributed by atoms with E-state index in [4.69, 9.17) is 4.74 Å². The molecule has 0 saturated carbocycles. The fourth-order valence-corrected chi connectivity index (χ4v) is 2.10. The molecule has 0 amide bonds. The molecule has 1 fully saturated rings. The zero-order chi connectivity index (χ0) is 12.3. The maximum Gasteiger partial charge on any atom is 0.316 e. The molecule has 1 aliphatic heterocycles. The van der Waals surface area contributed by atoms with Crippen LogP contribution in [0.25, 0.3) is 0 Å². The molecule has 17 heavy (non-hydrogen) atoms. The number of aromatic nitrogens is 2. The van der Waals surface area contributed by atoms with E-state index >= 15 is 0 Å². The molecule has 1 saturated heterocycles. The van der Waals surface area contributed by atoms with E-state index in [1.165, 1.54) is 25.9 Å². The van der Waals surface area contributed by atoms with Gasteiger partial charge in [0.1, 0.15) is 0 Å². The summed E-state index contributed by atoms with van der Waals surface area (Å²) in [5.41, 5.74) is 1.66. The van der Waals surface area contributed by atoms with Crippen LogP contribution in [0.15, 0.2) is 12.4 Å². The van der Waals surface area contributed by atoms with Crippen LogP contribution in [0.2, 0.25) is 0 Å². The molecular weight excluding hydrogens is 214 g/mol. The van der Waals surface area contributed by atoms with Crippen molar-refractivity contribution in [1.82, 2.24) is 14.9 Å². The minimum absolute atomic E-state index is 0.438. The summed E-state index contributed by atoms with van der Waals surface area (Å²) in [6.07, 6.45) is 6.24. The summed E-state index contributed by atoms with van der Waals surface area (Å²) in [7, 11) is 1.59. The molecule has 2 heterocycles. The van der Waals surface area contributed by atoms with Gasteiger partial charge in [0, 0.05) is 24.5 Å². The van der Waals surface area contributed by atoms with Gasteiger partial charge in [-0.1, -0.05) is 13.8 Å². The molecule has 0 N–H and O–H groups in total. The zero-order valence-electron chi connectivity index (χ0n) is 10.9. The average molecular weight is 235 g/mol. The highest BCUT2D eigenvalue weighted by Crippen LogP contribution is 2.30. The quantitative estimate of drug-likeness (QED) is 0.804. The first-order valence-corrected chi connectivity index (χ1v) is 6.16. The third-order valence-corrected chi connectivity index (χ3v) is 3.48. The van der Waals surface area contributed by atoms with Gasteiger partial charge in [0.25, 0.3) is 0 Å². The van der Waals surface area contributed by atoms with Crippen LogP contribution in [0.3, 0.4) is 0 Å². The van der Waals surface area contributed by atoms with Gasteiger partial charge in [-0.2, -0.15) is 0 Å². The van der Waals surface area contributed by atoms with Gasteiger partial charge >= 0.3 is 6.01 Å². The normalized spacial score (nSPS) is 20.2. The molecule has 4 nitrogen and oxygen atoms in total. The van der Waals surface area contributed by atoms with E-state index in [2.05, 4.69) is 28.7 Å². The van der Waals surface area contributed by atoms with E-state index < -0.39 is 0 Å². The van der Waals surface area contributed by atoms with Crippen molar-refractivity contribution in [3.05, 3.63) is 18.0 Å². The maximum absolute atomic E-state index is 4.95. The minimum atomic E-state index is 0.438. The number of hydrogen-bond donors (Lipinski definition) is 0. The van der Waals surface area contributed by atoms with Crippen LogP contribution in [0.5, 0.6) is 6.01 Å². The highest BCUT2D eigenvalue weighted by molar-refractivity contribution is 5.07. The first-order valence-electron chi connectivity index (χ1n) is 6.16. The Morgan fingerprint density at radius 3 is 2.35 bits per heavy atom. The Morgan fingerprint density at radius 2 is 1.82 bits per heavy atom. The van der Waals surface area contributed by atoms with Crippen molar-refractivity contribution < 1.29 is 4.74 Å². The van der Waals surface area contributed by atoms with Crippen LogP contribution in [0, 0.1) is 5.41 Å². The molecule has 94 valence electrons. The van der Waals surface area contributed by atoms with Crippen molar-refractivity contribution >= 4 is 0 Å². The Kier molecular flexibility index (Phi) is 3.62. The number of hydrogen-bond acceptors (Lipinski definition) is 4. The summed E-state index contributed by atoms with van der Waals surface area (Å²) in [5, 5.41) is 0. The number of methoxy groups -OCH3 is 1. The van der Waals surface area contributed by atoms with E-state index in [1.807, 2.05) is 12.4 Å². The lowest BCUT2D eigenvalue weighted by atomic mass is 9.82. The van der Waals surface area contributed by atoms with Crippen molar-refractivity contribution in [3.8, 4) is 6.01 Å². The van der Waals surface area contributed by atoms with Crippen LogP contribution >= 0.6 is 0 Å². The number of piperidine rings is 1. The highest BCUT2D eigenvalue weighted by atomic mass is 16.5. The van der Waals surface area contributed by atoms with Crippen LogP contribution in [-0.4, -0.2) is 35.1 Å². The minimum Gasteiger partial charge on any atom is -0.467 e. The van der Waals surface area contributed by atoms with Crippen LogP contribution < -0.4 is 4.74 Å². The zero-order valence-corrected chi connectivity index (χ0v) is 10.9. The third kappa shape index (κ3) is 3.40. The lowest BCUT2D eigenvalue weighted by Crippen LogP contribution is -2.36. The second kappa shape index (κ2) is 5.00. The number of rotatable bonds is 3. The molecule has 0 aromatic carbocycles. The van der Waals surface area contributed by atoms with E-state index in [0.717, 1.165) is 12.1 Å². The second-order valence-corrected chi connectivity index (χ2v) is 5.52. The van der Waals surface area contributed by atoms with Crippen LogP contribution in [0.4, 0.5) is 0 Å². The molecular formula is C13H21N3O. The first kappa shape index (κ1) is 12.3. The lowest BCUT2D eigenvalue weighted by Gasteiger charge is -2.36. The number of nitrogens with zero attached hydrogens (tertiary/aromatic N) is 3. The largest absolute Gasteiger partial charge is 0.467 e. The smallest absolute Gasteiger partial charge is 0.316 e. The summed E-state index contributed by atoms with van der Waals surface area (Å²) in [4.78, 5) is 10.7. The molecule has 2 rings (SSSR count). The van der Waals surface area contributed by atoms with Crippen LogP contribution in [-0.2, 0) is 6.54 Å². The monoisotopic (exact) mass is 235 g/mol. The van der Waals surface area contributed by atoms with Gasteiger partial charge < -0.3 is 4.74 Å². The van der Waals surface area contributed by atoms with Gasteiger partial charge in [-0.15, -0.1) is 0 Å².